The molecule has 0 aliphatic rings. The van der Waals surface area contributed by atoms with Gasteiger partial charge in [0.2, 0.25) is 5.89 Å². The van der Waals surface area contributed by atoms with Gasteiger partial charge in [-0.05, 0) is 37.6 Å². The van der Waals surface area contributed by atoms with E-state index >= 15 is 0 Å². The molecule has 0 aliphatic heterocycles. The van der Waals surface area contributed by atoms with Gasteiger partial charge in [0.15, 0.2) is 17.0 Å². The number of nitrogens with zero attached hydrogens (tertiary/aromatic N) is 2. The van der Waals surface area contributed by atoms with E-state index in [9.17, 15) is 4.79 Å². The molecular formula is C15H12N2O2. The summed E-state index contributed by atoms with van der Waals surface area (Å²) >= 11 is 0. The van der Waals surface area contributed by atoms with Crippen molar-refractivity contribution >= 4 is 17.0 Å². The molecule has 4 heteroatoms. The van der Waals surface area contributed by atoms with Gasteiger partial charge in [0, 0.05) is 17.3 Å². The Labute approximate surface area is 110 Å². The number of carbonyl (C=O) groups excluding carboxylic acids is 1. The van der Waals surface area contributed by atoms with Crippen molar-refractivity contribution in [2.45, 2.75) is 13.8 Å². The van der Waals surface area contributed by atoms with Gasteiger partial charge < -0.3 is 4.42 Å². The molecule has 0 saturated heterocycles. The van der Waals surface area contributed by atoms with Crippen molar-refractivity contribution in [1.29, 1.82) is 0 Å². The van der Waals surface area contributed by atoms with Crippen molar-refractivity contribution in [3.05, 3.63) is 47.7 Å². The molecule has 0 atom stereocenters. The van der Waals surface area contributed by atoms with Crippen molar-refractivity contribution in [1.82, 2.24) is 9.97 Å². The molecule has 0 saturated carbocycles. The number of pyridine rings is 1. The van der Waals surface area contributed by atoms with Crippen LogP contribution in [0.4, 0.5) is 0 Å². The number of aryl methyl sites for hydroxylation is 1. The Balaban J connectivity index is 2.06. The van der Waals surface area contributed by atoms with E-state index in [1.165, 1.54) is 0 Å². The Morgan fingerprint density at radius 2 is 1.95 bits per heavy atom. The molecule has 19 heavy (non-hydrogen) atoms. The maximum atomic E-state index is 11.2. The highest BCUT2D eigenvalue weighted by atomic mass is 16.3. The average Bonchev–Trinajstić information content (AvgIpc) is 2.81. The van der Waals surface area contributed by atoms with E-state index in [0.717, 1.165) is 11.1 Å². The van der Waals surface area contributed by atoms with Gasteiger partial charge in [0.05, 0.1) is 0 Å². The lowest BCUT2D eigenvalue weighted by Gasteiger charge is -1.97. The highest BCUT2D eigenvalue weighted by Gasteiger charge is 2.09. The van der Waals surface area contributed by atoms with Gasteiger partial charge in [-0.3, -0.25) is 4.79 Å². The van der Waals surface area contributed by atoms with Gasteiger partial charge in [-0.2, -0.15) is 4.98 Å². The Hall–Kier alpha value is -2.49. The standard InChI is InChI=1S/C15H12N2O2/c1-9-7-13-14(16-8-9)17-15(19-13)12-5-3-11(4-6-12)10(2)18/h3-8H,1-2H3. The molecule has 4 nitrogen and oxygen atoms in total. The maximum Gasteiger partial charge on any atom is 0.228 e. The Morgan fingerprint density at radius 1 is 1.21 bits per heavy atom. The average molecular weight is 252 g/mol. The third-order valence-corrected chi connectivity index (χ3v) is 2.92. The summed E-state index contributed by atoms with van der Waals surface area (Å²) in [4.78, 5) is 19.8. The second kappa shape index (κ2) is 4.31. The zero-order valence-corrected chi connectivity index (χ0v) is 10.7. The quantitative estimate of drug-likeness (QED) is 0.656. The van der Waals surface area contributed by atoms with Crippen LogP contribution in [0.25, 0.3) is 22.7 Å². The third kappa shape index (κ3) is 2.12. The van der Waals surface area contributed by atoms with Crippen LogP contribution in [0, 0.1) is 6.92 Å². The molecule has 0 aliphatic carbocycles. The lowest BCUT2D eigenvalue weighted by molar-refractivity contribution is 0.101. The first-order valence-electron chi connectivity index (χ1n) is 5.98. The molecule has 2 heterocycles. The van der Waals surface area contributed by atoms with Crippen LogP contribution in [-0.2, 0) is 0 Å². The summed E-state index contributed by atoms with van der Waals surface area (Å²) < 4.78 is 5.68. The van der Waals surface area contributed by atoms with Gasteiger partial charge in [0.25, 0.3) is 0 Å². The fraction of sp³-hybridized carbons (Fsp3) is 0.133. The molecule has 0 spiro atoms. The summed E-state index contributed by atoms with van der Waals surface area (Å²) in [6.07, 6.45) is 1.76. The number of hydrogen-bond donors (Lipinski definition) is 0. The summed E-state index contributed by atoms with van der Waals surface area (Å²) in [5.41, 5.74) is 3.80. The number of fused-ring (bicyclic) bond motifs is 1. The van der Waals surface area contributed by atoms with Crippen LogP contribution in [-0.4, -0.2) is 15.8 Å². The van der Waals surface area contributed by atoms with Crippen LogP contribution >= 0.6 is 0 Å². The third-order valence-electron chi connectivity index (χ3n) is 2.92. The number of oxazole rings is 1. The minimum atomic E-state index is 0.0430. The molecule has 0 radical (unpaired) electrons. The second-order valence-corrected chi connectivity index (χ2v) is 4.49. The molecular weight excluding hydrogens is 240 g/mol. The topological polar surface area (TPSA) is 56.0 Å². The van der Waals surface area contributed by atoms with Gasteiger partial charge in [-0.25, -0.2) is 4.98 Å². The summed E-state index contributed by atoms with van der Waals surface area (Å²) in [5.74, 6) is 0.560. The molecule has 0 fully saturated rings. The first kappa shape index (κ1) is 11.6. The summed E-state index contributed by atoms with van der Waals surface area (Å²) in [6.45, 7) is 3.50. The molecule has 94 valence electrons. The molecule has 1 aromatic carbocycles. The van der Waals surface area contributed by atoms with Gasteiger partial charge in [-0.15, -0.1) is 0 Å². The first-order chi connectivity index (χ1) is 9.13. The van der Waals surface area contributed by atoms with Crippen LogP contribution in [0.1, 0.15) is 22.8 Å². The van der Waals surface area contributed by atoms with E-state index in [1.807, 2.05) is 25.1 Å². The fourth-order valence-corrected chi connectivity index (χ4v) is 1.89. The smallest absolute Gasteiger partial charge is 0.228 e. The van der Waals surface area contributed by atoms with Crippen LogP contribution in [0.3, 0.4) is 0 Å². The summed E-state index contributed by atoms with van der Waals surface area (Å²) in [7, 11) is 0. The van der Waals surface area contributed by atoms with E-state index < -0.39 is 0 Å². The van der Waals surface area contributed by atoms with Crippen molar-refractivity contribution in [2.75, 3.05) is 0 Å². The summed E-state index contributed by atoms with van der Waals surface area (Å²) in [5, 5.41) is 0. The fourth-order valence-electron chi connectivity index (χ4n) is 1.89. The number of ketones is 1. The monoisotopic (exact) mass is 252 g/mol. The number of benzene rings is 1. The van der Waals surface area contributed by atoms with Crippen LogP contribution in [0.5, 0.6) is 0 Å². The van der Waals surface area contributed by atoms with Crippen molar-refractivity contribution in [2.24, 2.45) is 0 Å². The number of Topliss-reactive ketones (excluding diaryl/α,β-unsaturated/α-hetero) is 1. The highest BCUT2D eigenvalue weighted by Crippen LogP contribution is 2.23. The van der Waals surface area contributed by atoms with Crippen LogP contribution in [0.2, 0.25) is 0 Å². The zero-order valence-electron chi connectivity index (χ0n) is 10.7. The van der Waals surface area contributed by atoms with Gasteiger partial charge in [-0.1, -0.05) is 12.1 Å². The van der Waals surface area contributed by atoms with Gasteiger partial charge in [0.1, 0.15) is 0 Å². The minimum Gasteiger partial charge on any atom is -0.434 e. The van der Waals surface area contributed by atoms with Crippen molar-refractivity contribution < 1.29 is 9.21 Å². The van der Waals surface area contributed by atoms with Crippen LogP contribution < -0.4 is 0 Å². The number of rotatable bonds is 2. The normalized spacial score (nSPS) is 10.8. The molecule has 2 aromatic heterocycles. The van der Waals surface area contributed by atoms with Crippen LogP contribution in [0.15, 0.2) is 40.9 Å². The van der Waals surface area contributed by atoms with E-state index in [4.69, 9.17) is 4.42 Å². The van der Waals surface area contributed by atoms with Gasteiger partial charge >= 0.3 is 0 Å². The Kier molecular flexibility index (Phi) is 2.63. The van der Waals surface area contributed by atoms with Crippen molar-refractivity contribution in [3.63, 3.8) is 0 Å². The molecule has 0 amide bonds. The maximum absolute atomic E-state index is 11.2. The van der Waals surface area contributed by atoms with E-state index in [1.54, 1.807) is 25.3 Å². The molecule has 3 rings (SSSR count). The first-order valence-corrected chi connectivity index (χ1v) is 5.98. The lowest BCUT2D eigenvalue weighted by Crippen LogP contribution is -1.90. The molecule has 0 unspecified atom stereocenters. The van der Waals surface area contributed by atoms with Crippen molar-refractivity contribution in [3.8, 4) is 11.5 Å². The summed E-state index contributed by atoms with van der Waals surface area (Å²) in [6, 6.07) is 9.10. The second-order valence-electron chi connectivity index (χ2n) is 4.49. The largest absolute Gasteiger partial charge is 0.434 e. The molecule has 3 aromatic rings. The number of carbonyl (C=O) groups is 1. The Bertz CT molecular complexity index is 757. The molecule has 0 N–H and O–H groups in total. The zero-order chi connectivity index (χ0) is 13.4. The molecule has 0 bridgehead atoms. The highest BCUT2D eigenvalue weighted by molar-refractivity contribution is 5.94. The Morgan fingerprint density at radius 3 is 2.63 bits per heavy atom. The van der Waals surface area contributed by atoms with E-state index in [-0.39, 0.29) is 5.78 Å². The number of aromatic nitrogens is 2. The predicted molar refractivity (Wildman–Crippen MR) is 72.0 cm³/mol. The SMILES string of the molecule is CC(=O)c1ccc(-c2nc3ncc(C)cc3o2)cc1. The predicted octanol–water partition coefficient (Wildman–Crippen LogP) is 3.40. The number of hydrogen-bond acceptors (Lipinski definition) is 4. The minimum absolute atomic E-state index is 0.0430. The lowest BCUT2D eigenvalue weighted by atomic mass is 10.1. The van der Waals surface area contributed by atoms with E-state index in [0.29, 0.717) is 22.7 Å². The van der Waals surface area contributed by atoms with E-state index in [2.05, 4.69) is 9.97 Å².